The number of hydrogen-bond donors (Lipinski definition) is 0. The minimum atomic E-state index is -0.00769. The minimum Gasteiger partial charge on any atom is -0.388 e. The molecule has 3 heteroatoms. The Balaban J connectivity index is 3.23. The summed E-state index contributed by atoms with van der Waals surface area (Å²) in [7, 11) is 0. The van der Waals surface area contributed by atoms with Crippen LogP contribution in [0, 0.1) is 5.92 Å². The van der Waals surface area contributed by atoms with E-state index in [9.17, 15) is 4.79 Å². The van der Waals surface area contributed by atoms with Crippen molar-refractivity contribution < 1.29 is 9.63 Å². The third-order valence-corrected chi connectivity index (χ3v) is 0.994. The van der Waals surface area contributed by atoms with Crippen LogP contribution in [-0.4, -0.2) is 18.6 Å². The molecule has 0 bridgehead atoms. The zero-order valence-electron chi connectivity index (χ0n) is 7.33. The van der Waals surface area contributed by atoms with E-state index in [2.05, 4.69) is 23.8 Å². The van der Waals surface area contributed by atoms with E-state index in [1.54, 1.807) is 6.21 Å². The lowest BCUT2D eigenvalue weighted by Crippen LogP contribution is -1.99. The molecule has 0 saturated carbocycles. The summed E-state index contributed by atoms with van der Waals surface area (Å²) in [5.74, 6) is 0.575. The molecule has 0 aromatic carbocycles. The van der Waals surface area contributed by atoms with Crippen LogP contribution in [0.25, 0.3) is 0 Å². The summed E-state index contributed by atoms with van der Waals surface area (Å²) >= 11 is 0. The van der Waals surface area contributed by atoms with Crippen LogP contribution in [0.3, 0.4) is 0 Å². The number of ketones is 1. The Labute approximate surface area is 67.4 Å². The molecule has 0 aliphatic carbocycles. The highest BCUT2D eigenvalue weighted by Crippen LogP contribution is 1.94. The average molecular weight is 157 g/mol. The Morgan fingerprint density at radius 1 is 1.64 bits per heavy atom. The molecule has 11 heavy (non-hydrogen) atoms. The van der Waals surface area contributed by atoms with Crippen LogP contribution in [0.5, 0.6) is 0 Å². The van der Waals surface area contributed by atoms with Crippen molar-refractivity contribution >= 4 is 12.0 Å². The first-order chi connectivity index (χ1) is 5.13. The van der Waals surface area contributed by atoms with Gasteiger partial charge >= 0.3 is 0 Å². The maximum absolute atomic E-state index is 10.3. The van der Waals surface area contributed by atoms with E-state index in [0.717, 1.165) is 6.42 Å². The molecule has 0 aromatic rings. The zero-order valence-corrected chi connectivity index (χ0v) is 7.33. The molecule has 0 radical (unpaired) electrons. The van der Waals surface area contributed by atoms with Gasteiger partial charge < -0.3 is 4.84 Å². The molecule has 0 saturated heterocycles. The Hall–Kier alpha value is -0.860. The van der Waals surface area contributed by atoms with Gasteiger partial charge in [0.1, 0.15) is 0 Å². The molecule has 0 aliphatic heterocycles. The van der Waals surface area contributed by atoms with Crippen molar-refractivity contribution in [3.63, 3.8) is 0 Å². The van der Waals surface area contributed by atoms with Gasteiger partial charge in [0.25, 0.3) is 0 Å². The monoisotopic (exact) mass is 157 g/mol. The van der Waals surface area contributed by atoms with E-state index >= 15 is 0 Å². The lowest BCUT2D eigenvalue weighted by Gasteiger charge is -1.96. The Morgan fingerprint density at radius 2 is 2.27 bits per heavy atom. The summed E-state index contributed by atoms with van der Waals surface area (Å²) in [6.45, 7) is 5.74. The molecule has 0 N–H and O–H groups in total. The maximum atomic E-state index is 10.3. The number of carbonyl (C=O) groups is 1. The van der Waals surface area contributed by atoms with Gasteiger partial charge in [-0.1, -0.05) is 19.0 Å². The number of oxime groups is 1. The van der Waals surface area contributed by atoms with Gasteiger partial charge in [0, 0.05) is 6.21 Å². The molecular formula is C8H15NO2. The van der Waals surface area contributed by atoms with Crippen LogP contribution in [0.4, 0.5) is 0 Å². The standard InChI is InChI=1S/C8H15NO2/c1-7(2)4-5-9-11-6-8(3)10/h5,7H,4,6H2,1-3H3. The topological polar surface area (TPSA) is 38.7 Å². The number of hydrogen-bond acceptors (Lipinski definition) is 3. The fourth-order valence-corrected chi connectivity index (χ4v) is 0.435. The largest absolute Gasteiger partial charge is 0.388 e. The van der Waals surface area contributed by atoms with E-state index in [1.807, 2.05) is 0 Å². The molecule has 0 spiro atoms. The highest BCUT2D eigenvalue weighted by molar-refractivity contribution is 5.76. The van der Waals surface area contributed by atoms with Crippen molar-refractivity contribution in [3.8, 4) is 0 Å². The van der Waals surface area contributed by atoms with E-state index in [4.69, 9.17) is 0 Å². The third-order valence-electron chi connectivity index (χ3n) is 0.994. The molecule has 0 atom stereocenters. The molecule has 64 valence electrons. The van der Waals surface area contributed by atoms with Gasteiger partial charge in [0.15, 0.2) is 12.4 Å². The first-order valence-corrected chi connectivity index (χ1v) is 3.76. The van der Waals surface area contributed by atoms with Crippen molar-refractivity contribution in [2.75, 3.05) is 6.61 Å². The van der Waals surface area contributed by atoms with Crippen LogP contribution >= 0.6 is 0 Å². The normalized spacial score (nSPS) is 10.9. The van der Waals surface area contributed by atoms with Gasteiger partial charge in [0.2, 0.25) is 0 Å². The Bertz CT molecular complexity index is 141. The van der Waals surface area contributed by atoms with E-state index in [0.29, 0.717) is 5.92 Å². The maximum Gasteiger partial charge on any atom is 0.174 e. The second kappa shape index (κ2) is 5.89. The van der Waals surface area contributed by atoms with Gasteiger partial charge in [0.05, 0.1) is 0 Å². The summed E-state index contributed by atoms with van der Waals surface area (Å²) in [6, 6.07) is 0. The second-order valence-electron chi connectivity index (χ2n) is 2.89. The molecule has 0 rings (SSSR count). The Kier molecular flexibility index (Phi) is 5.43. The van der Waals surface area contributed by atoms with Crippen LogP contribution in [0.2, 0.25) is 0 Å². The average Bonchev–Trinajstić information content (AvgIpc) is 1.85. The molecule has 0 aliphatic rings. The third kappa shape index (κ3) is 9.14. The van der Waals surface area contributed by atoms with Gasteiger partial charge in [-0.2, -0.15) is 0 Å². The first-order valence-electron chi connectivity index (χ1n) is 3.76. The zero-order chi connectivity index (χ0) is 8.69. The number of Topliss-reactive ketones (excluding diaryl/α,β-unsaturated/α-hetero) is 1. The van der Waals surface area contributed by atoms with Gasteiger partial charge in [-0.05, 0) is 19.3 Å². The SMILES string of the molecule is CC(=O)CON=CCC(C)C. The second-order valence-corrected chi connectivity index (χ2v) is 2.89. The number of carbonyl (C=O) groups excluding carboxylic acids is 1. The smallest absolute Gasteiger partial charge is 0.174 e. The quantitative estimate of drug-likeness (QED) is 0.449. The van der Waals surface area contributed by atoms with Crippen LogP contribution in [0.15, 0.2) is 5.16 Å². The van der Waals surface area contributed by atoms with Crippen molar-refractivity contribution in [1.29, 1.82) is 0 Å². The summed E-state index contributed by atoms with van der Waals surface area (Å²) < 4.78 is 0. The minimum absolute atomic E-state index is 0.00769. The van der Waals surface area contributed by atoms with Crippen molar-refractivity contribution in [1.82, 2.24) is 0 Å². The molecule has 0 unspecified atom stereocenters. The highest BCUT2D eigenvalue weighted by Gasteiger charge is 1.90. The summed E-state index contributed by atoms with van der Waals surface area (Å²) in [5.41, 5.74) is 0. The predicted molar refractivity (Wildman–Crippen MR) is 44.6 cm³/mol. The van der Waals surface area contributed by atoms with Crippen LogP contribution in [-0.2, 0) is 9.63 Å². The van der Waals surface area contributed by atoms with E-state index in [-0.39, 0.29) is 12.4 Å². The van der Waals surface area contributed by atoms with Crippen molar-refractivity contribution in [2.45, 2.75) is 27.2 Å². The first kappa shape index (κ1) is 10.1. The summed E-state index contributed by atoms with van der Waals surface area (Å²) in [5, 5.41) is 3.61. The highest BCUT2D eigenvalue weighted by atomic mass is 16.6. The van der Waals surface area contributed by atoms with Crippen molar-refractivity contribution in [2.24, 2.45) is 11.1 Å². The van der Waals surface area contributed by atoms with E-state index in [1.165, 1.54) is 6.92 Å². The predicted octanol–water partition coefficient (Wildman–Crippen LogP) is 1.62. The lowest BCUT2D eigenvalue weighted by atomic mass is 10.2. The molecule has 0 aromatic heterocycles. The molecule has 0 amide bonds. The lowest BCUT2D eigenvalue weighted by molar-refractivity contribution is -0.121. The molecule has 3 nitrogen and oxygen atoms in total. The fourth-order valence-electron chi connectivity index (χ4n) is 0.435. The van der Waals surface area contributed by atoms with Gasteiger partial charge in [-0.25, -0.2) is 0 Å². The van der Waals surface area contributed by atoms with Gasteiger partial charge in [-0.15, -0.1) is 0 Å². The van der Waals surface area contributed by atoms with Gasteiger partial charge in [-0.3, -0.25) is 4.79 Å². The van der Waals surface area contributed by atoms with Crippen molar-refractivity contribution in [3.05, 3.63) is 0 Å². The van der Waals surface area contributed by atoms with Crippen LogP contribution in [0.1, 0.15) is 27.2 Å². The Morgan fingerprint density at radius 3 is 2.73 bits per heavy atom. The molecule has 0 fully saturated rings. The fraction of sp³-hybridized carbons (Fsp3) is 0.750. The van der Waals surface area contributed by atoms with E-state index < -0.39 is 0 Å². The molecule has 0 heterocycles. The van der Waals surface area contributed by atoms with Crippen LogP contribution < -0.4 is 0 Å². The molecular weight excluding hydrogens is 142 g/mol. The summed E-state index contributed by atoms with van der Waals surface area (Å²) in [6.07, 6.45) is 2.57. The summed E-state index contributed by atoms with van der Waals surface area (Å²) in [4.78, 5) is 15.0. The number of nitrogens with zero attached hydrogens (tertiary/aromatic N) is 1. The number of rotatable bonds is 5.